The normalized spacial score (nSPS) is 11.1. The summed E-state index contributed by atoms with van der Waals surface area (Å²) in [7, 11) is -4.01. The SMILES string of the molecule is CCCCOc1ccc(C(=O)N(N)C(=O)c2ccc(NS(=O)(=O)Cc3c[nH]c(=O)[nH]c3=O)cc2)cc1. The number of H-pyrrole nitrogens is 2. The van der Waals surface area contributed by atoms with Gasteiger partial charge in [0.25, 0.3) is 17.4 Å². The lowest BCUT2D eigenvalue weighted by Crippen LogP contribution is -2.42. The summed E-state index contributed by atoms with van der Waals surface area (Å²) in [6.45, 7) is 2.60. The van der Waals surface area contributed by atoms with Crippen LogP contribution in [-0.2, 0) is 15.8 Å². The number of nitrogens with zero attached hydrogens (tertiary/aromatic N) is 1. The molecule has 13 heteroatoms. The first-order chi connectivity index (χ1) is 17.1. The van der Waals surface area contributed by atoms with Crippen LogP contribution >= 0.6 is 0 Å². The third-order valence-corrected chi connectivity index (χ3v) is 6.19. The second-order valence-corrected chi connectivity index (χ2v) is 9.46. The standard InChI is InChI=1S/C23H25N5O7S/c1-2-3-12-35-19-10-6-16(7-11-19)22(31)28(24)21(30)15-4-8-18(9-5-15)27-36(33,34)14-17-13-25-23(32)26-20(17)29/h4-11,13,27H,2-3,12,14,24H2,1H3,(H2,25,26,29,32). The van der Waals surface area contributed by atoms with Crippen LogP contribution in [0.3, 0.4) is 0 Å². The number of carbonyl (C=O) groups excluding carboxylic acids is 2. The zero-order valence-corrected chi connectivity index (χ0v) is 20.1. The van der Waals surface area contributed by atoms with Crippen molar-refractivity contribution in [1.82, 2.24) is 15.0 Å². The number of hydrazine groups is 1. The predicted molar refractivity (Wildman–Crippen MR) is 132 cm³/mol. The van der Waals surface area contributed by atoms with Crippen LogP contribution in [0.25, 0.3) is 0 Å². The molecule has 0 fully saturated rings. The Labute approximate surface area is 206 Å². The molecule has 5 N–H and O–H groups in total. The number of sulfonamides is 1. The van der Waals surface area contributed by atoms with E-state index in [9.17, 15) is 27.6 Å². The molecule has 0 atom stereocenters. The molecule has 190 valence electrons. The lowest BCUT2D eigenvalue weighted by Gasteiger charge is -2.15. The van der Waals surface area contributed by atoms with Gasteiger partial charge in [-0.3, -0.25) is 24.1 Å². The van der Waals surface area contributed by atoms with Gasteiger partial charge < -0.3 is 9.72 Å². The minimum atomic E-state index is -4.01. The van der Waals surface area contributed by atoms with E-state index in [1.807, 2.05) is 11.9 Å². The van der Waals surface area contributed by atoms with Gasteiger partial charge in [-0.25, -0.2) is 24.1 Å². The molecular formula is C23H25N5O7S. The molecule has 2 amide bonds. The van der Waals surface area contributed by atoms with E-state index in [-0.39, 0.29) is 22.4 Å². The van der Waals surface area contributed by atoms with E-state index in [0.29, 0.717) is 17.4 Å². The molecule has 0 saturated heterocycles. The van der Waals surface area contributed by atoms with Crippen LogP contribution in [0.5, 0.6) is 5.75 Å². The maximum Gasteiger partial charge on any atom is 0.325 e. The molecule has 2 aromatic carbocycles. The second kappa shape index (κ2) is 11.5. The summed E-state index contributed by atoms with van der Waals surface area (Å²) in [5.74, 6) is 4.13. The number of aromatic amines is 2. The summed E-state index contributed by atoms with van der Waals surface area (Å²) in [6, 6.07) is 11.4. The molecular weight excluding hydrogens is 490 g/mol. The molecule has 0 radical (unpaired) electrons. The molecule has 0 aliphatic rings. The molecule has 0 saturated carbocycles. The van der Waals surface area contributed by atoms with Crippen molar-refractivity contribution in [3.63, 3.8) is 0 Å². The molecule has 1 aromatic heterocycles. The Balaban J connectivity index is 1.63. The van der Waals surface area contributed by atoms with Gasteiger partial charge >= 0.3 is 5.69 Å². The largest absolute Gasteiger partial charge is 0.494 e. The number of unbranched alkanes of at least 4 members (excludes halogenated alkanes) is 1. The van der Waals surface area contributed by atoms with E-state index in [0.717, 1.165) is 19.0 Å². The van der Waals surface area contributed by atoms with Gasteiger partial charge in [-0.15, -0.1) is 0 Å². The molecule has 12 nitrogen and oxygen atoms in total. The summed E-state index contributed by atoms with van der Waals surface area (Å²) in [5.41, 5.74) is -1.39. The smallest absolute Gasteiger partial charge is 0.325 e. The van der Waals surface area contributed by atoms with E-state index in [1.165, 1.54) is 36.4 Å². The van der Waals surface area contributed by atoms with Crippen molar-refractivity contribution in [1.29, 1.82) is 0 Å². The maximum atomic E-state index is 12.7. The van der Waals surface area contributed by atoms with Gasteiger partial charge in [-0.05, 0) is 55.0 Å². The van der Waals surface area contributed by atoms with E-state index >= 15 is 0 Å². The average molecular weight is 516 g/mol. The van der Waals surface area contributed by atoms with Gasteiger partial charge in [0.1, 0.15) is 11.5 Å². The van der Waals surface area contributed by atoms with Gasteiger partial charge in [0.2, 0.25) is 10.0 Å². The fourth-order valence-corrected chi connectivity index (χ4v) is 4.24. The molecule has 3 aromatic rings. The lowest BCUT2D eigenvalue weighted by molar-refractivity contribution is 0.0615. The highest BCUT2D eigenvalue weighted by Gasteiger charge is 2.22. The summed E-state index contributed by atoms with van der Waals surface area (Å²) in [4.78, 5) is 52.2. The second-order valence-electron chi connectivity index (χ2n) is 7.74. The maximum absolute atomic E-state index is 12.7. The Bertz CT molecular complexity index is 1450. The van der Waals surface area contributed by atoms with Crippen LogP contribution in [0.1, 0.15) is 46.0 Å². The number of amides is 2. The Hall–Kier alpha value is -4.23. The number of benzene rings is 2. The van der Waals surface area contributed by atoms with Crippen molar-refractivity contribution in [2.24, 2.45) is 5.84 Å². The van der Waals surface area contributed by atoms with Crippen LogP contribution in [0.2, 0.25) is 0 Å². The highest BCUT2D eigenvalue weighted by Crippen LogP contribution is 2.16. The zero-order chi connectivity index (χ0) is 26.3. The van der Waals surface area contributed by atoms with Crippen LogP contribution in [0, 0.1) is 0 Å². The molecule has 3 rings (SSSR count). The number of nitrogens with two attached hydrogens (primary N) is 1. The number of ether oxygens (including phenoxy) is 1. The van der Waals surface area contributed by atoms with Crippen LogP contribution in [-0.4, -0.2) is 41.8 Å². The quantitative estimate of drug-likeness (QED) is 0.102. The number of imide groups is 1. The number of rotatable bonds is 10. The lowest BCUT2D eigenvalue weighted by atomic mass is 10.1. The zero-order valence-electron chi connectivity index (χ0n) is 19.3. The van der Waals surface area contributed by atoms with Gasteiger partial charge in [-0.2, -0.15) is 0 Å². The fraction of sp³-hybridized carbons (Fsp3) is 0.217. The predicted octanol–water partition coefficient (Wildman–Crippen LogP) is 1.34. The number of aromatic nitrogens is 2. The minimum absolute atomic E-state index is 0.0467. The Morgan fingerprint density at radius 3 is 2.14 bits per heavy atom. The fourth-order valence-electron chi connectivity index (χ4n) is 3.04. The van der Waals surface area contributed by atoms with Crippen LogP contribution < -0.4 is 26.6 Å². The summed E-state index contributed by atoms with van der Waals surface area (Å²) >= 11 is 0. The molecule has 0 aliphatic heterocycles. The van der Waals surface area contributed by atoms with Gasteiger partial charge in [0, 0.05) is 23.0 Å². The van der Waals surface area contributed by atoms with Gasteiger partial charge in [-0.1, -0.05) is 13.3 Å². The Morgan fingerprint density at radius 2 is 1.58 bits per heavy atom. The molecule has 0 unspecified atom stereocenters. The first-order valence-corrected chi connectivity index (χ1v) is 12.5. The topological polar surface area (TPSA) is 185 Å². The molecule has 0 aliphatic carbocycles. The number of hydrogen-bond acceptors (Lipinski definition) is 8. The van der Waals surface area contributed by atoms with Crippen molar-refractivity contribution in [2.45, 2.75) is 25.5 Å². The third kappa shape index (κ3) is 6.90. The third-order valence-electron chi connectivity index (χ3n) is 4.95. The first kappa shape index (κ1) is 26.4. The highest BCUT2D eigenvalue weighted by molar-refractivity contribution is 7.91. The van der Waals surface area contributed by atoms with Gasteiger partial charge in [0.05, 0.1) is 12.2 Å². The van der Waals surface area contributed by atoms with Crippen molar-refractivity contribution >= 4 is 27.5 Å². The summed E-state index contributed by atoms with van der Waals surface area (Å²) in [6.07, 6.45) is 2.91. The monoisotopic (exact) mass is 515 g/mol. The Morgan fingerprint density at radius 1 is 1.00 bits per heavy atom. The molecule has 1 heterocycles. The van der Waals surface area contributed by atoms with E-state index in [4.69, 9.17) is 10.6 Å². The summed E-state index contributed by atoms with van der Waals surface area (Å²) in [5, 5.41) is 0.467. The van der Waals surface area contributed by atoms with Crippen molar-refractivity contribution in [3.05, 3.63) is 92.3 Å². The highest BCUT2D eigenvalue weighted by atomic mass is 32.2. The number of carbonyl (C=O) groups is 2. The Kier molecular flexibility index (Phi) is 8.40. The van der Waals surface area contributed by atoms with E-state index < -0.39 is 38.8 Å². The molecule has 0 bridgehead atoms. The number of anilines is 1. The van der Waals surface area contributed by atoms with Crippen LogP contribution in [0.15, 0.2) is 64.3 Å². The van der Waals surface area contributed by atoms with Gasteiger partial charge in [0.15, 0.2) is 0 Å². The number of hydrogen-bond donors (Lipinski definition) is 4. The first-order valence-electron chi connectivity index (χ1n) is 10.9. The van der Waals surface area contributed by atoms with Crippen molar-refractivity contribution < 1.29 is 22.7 Å². The molecule has 0 spiro atoms. The average Bonchev–Trinajstić information content (AvgIpc) is 2.85. The minimum Gasteiger partial charge on any atom is -0.494 e. The molecule has 36 heavy (non-hydrogen) atoms. The van der Waals surface area contributed by atoms with E-state index in [2.05, 4.69) is 9.71 Å². The summed E-state index contributed by atoms with van der Waals surface area (Å²) < 4.78 is 32.6. The van der Waals surface area contributed by atoms with E-state index in [1.54, 1.807) is 12.1 Å². The van der Waals surface area contributed by atoms with Crippen molar-refractivity contribution in [2.75, 3.05) is 11.3 Å². The van der Waals surface area contributed by atoms with Crippen LogP contribution in [0.4, 0.5) is 5.69 Å². The number of nitrogens with one attached hydrogen (secondary N) is 3. The van der Waals surface area contributed by atoms with Crippen molar-refractivity contribution in [3.8, 4) is 5.75 Å².